The van der Waals surface area contributed by atoms with Crippen LogP contribution in [0.1, 0.15) is 12.8 Å². The van der Waals surface area contributed by atoms with Crippen LogP contribution in [0.2, 0.25) is 0 Å². The first-order valence-electron chi connectivity index (χ1n) is 7.45. The summed E-state index contributed by atoms with van der Waals surface area (Å²) >= 11 is 1.29. The summed E-state index contributed by atoms with van der Waals surface area (Å²) in [4.78, 5) is 13.8. The van der Waals surface area contributed by atoms with E-state index in [0.717, 1.165) is 24.1 Å². The summed E-state index contributed by atoms with van der Waals surface area (Å²) in [6, 6.07) is 8.27. The summed E-state index contributed by atoms with van der Waals surface area (Å²) in [5, 5.41) is 11.7. The molecule has 0 radical (unpaired) electrons. The summed E-state index contributed by atoms with van der Waals surface area (Å²) in [6.45, 7) is 0. The van der Waals surface area contributed by atoms with Crippen LogP contribution >= 0.6 is 11.8 Å². The van der Waals surface area contributed by atoms with Crippen LogP contribution in [0.4, 0.5) is 5.69 Å². The van der Waals surface area contributed by atoms with Crippen molar-refractivity contribution in [2.75, 3.05) is 30.6 Å². The van der Waals surface area contributed by atoms with Crippen LogP contribution in [-0.2, 0) is 4.79 Å². The number of nitrogen functional groups attached to an aromatic ring is 1. The molecule has 1 aromatic heterocycles. The van der Waals surface area contributed by atoms with E-state index >= 15 is 0 Å². The van der Waals surface area contributed by atoms with Crippen LogP contribution in [0.25, 0.3) is 11.4 Å². The molecule has 1 saturated carbocycles. The molecule has 3 rings (SSSR count). The van der Waals surface area contributed by atoms with Crippen molar-refractivity contribution in [2.24, 2.45) is 0 Å². The molecule has 8 heteroatoms. The summed E-state index contributed by atoms with van der Waals surface area (Å²) in [5.41, 5.74) is 1.95. The molecule has 3 N–H and O–H groups in total. The third-order valence-corrected chi connectivity index (χ3v) is 4.50. The van der Waals surface area contributed by atoms with Crippen molar-refractivity contribution < 1.29 is 4.79 Å². The average Bonchev–Trinajstić information content (AvgIpc) is 3.26. The van der Waals surface area contributed by atoms with Gasteiger partial charge in [-0.1, -0.05) is 23.9 Å². The molecule has 0 atom stereocenters. The molecule has 0 saturated heterocycles. The van der Waals surface area contributed by atoms with Gasteiger partial charge in [-0.05, 0) is 25.0 Å². The van der Waals surface area contributed by atoms with Crippen molar-refractivity contribution >= 4 is 23.4 Å². The number of anilines is 1. The Morgan fingerprint density at radius 1 is 1.43 bits per heavy atom. The Hall–Kier alpha value is -2.22. The number of hydrogen-bond acceptors (Lipinski definition) is 6. The van der Waals surface area contributed by atoms with E-state index in [-0.39, 0.29) is 5.91 Å². The zero-order valence-electron chi connectivity index (χ0n) is 13.2. The van der Waals surface area contributed by atoms with E-state index in [4.69, 9.17) is 5.84 Å². The Bertz CT molecular complexity index is 710. The van der Waals surface area contributed by atoms with E-state index in [1.165, 1.54) is 16.4 Å². The molecule has 7 nitrogen and oxygen atoms in total. The third-order valence-electron chi connectivity index (χ3n) is 3.56. The number of hydrogen-bond donors (Lipinski definition) is 2. The first-order chi connectivity index (χ1) is 11.0. The highest BCUT2D eigenvalue weighted by Gasteiger charge is 2.23. The van der Waals surface area contributed by atoms with E-state index < -0.39 is 0 Å². The lowest BCUT2D eigenvalue weighted by Gasteiger charge is -2.13. The van der Waals surface area contributed by atoms with Crippen LogP contribution in [0.5, 0.6) is 0 Å². The number of aromatic nitrogens is 3. The molecule has 1 fully saturated rings. The minimum absolute atomic E-state index is 0.0108. The zero-order chi connectivity index (χ0) is 16.4. The number of rotatable bonds is 6. The number of benzene rings is 1. The predicted octanol–water partition coefficient (Wildman–Crippen LogP) is 1.10. The van der Waals surface area contributed by atoms with E-state index in [1.54, 1.807) is 0 Å². The van der Waals surface area contributed by atoms with Gasteiger partial charge in [-0.3, -0.25) is 4.79 Å². The van der Waals surface area contributed by atoms with Gasteiger partial charge in [-0.2, -0.15) is 0 Å². The lowest BCUT2D eigenvalue weighted by Crippen LogP contribution is -2.27. The Kier molecular flexibility index (Phi) is 4.42. The van der Waals surface area contributed by atoms with Gasteiger partial charge in [0.05, 0.1) is 5.75 Å². The topological polar surface area (TPSA) is 89.1 Å². The van der Waals surface area contributed by atoms with Crippen LogP contribution in [0.3, 0.4) is 0 Å². The van der Waals surface area contributed by atoms with Crippen molar-refractivity contribution in [3.8, 4) is 11.4 Å². The second kappa shape index (κ2) is 6.49. The van der Waals surface area contributed by atoms with Gasteiger partial charge in [-0.15, -0.1) is 10.2 Å². The van der Waals surface area contributed by atoms with Gasteiger partial charge >= 0.3 is 0 Å². The molecule has 1 aliphatic carbocycles. The van der Waals surface area contributed by atoms with Gasteiger partial charge in [0.25, 0.3) is 0 Å². The van der Waals surface area contributed by atoms with E-state index in [1.807, 2.05) is 43.3 Å². The highest BCUT2D eigenvalue weighted by atomic mass is 32.2. The number of amides is 1. The summed E-state index contributed by atoms with van der Waals surface area (Å²) < 4.78 is 1.43. The Labute approximate surface area is 139 Å². The van der Waals surface area contributed by atoms with Gasteiger partial charge in [0.2, 0.25) is 11.1 Å². The summed E-state index contributed by atoms with van der Waals surface area (Å²) in [7, 11) is 3.96. The number of nitrogens with zero attached hydrogens (tertiary/aromatic N) is 4. The summed E-state index contributed by atoms with van der Waals surface area (Å²) in [5.74, 6) is 6.98. The van der Waals surface area contributed by atoms with Crippen molar-refractivity contribution in [1.82, 2.24) is 20.2 Å². The molecular formula is C15H20N6OS. The molecule has 1 aliphatic rings. The number of carbonyl (C=O) groups excluding carboxylic acids is 1. The first kappa shape index (κ1) is 15.7. The van der Waals surface area contributed by atoms with Crippen LogP contribution < -0.4 is 16.1 Å². The lowest BCUT2D eigenvalue weighted by atomic mass is 10.2. The molecule has 0 spiro atoms. The molecule has 1 heterocycles. The normalized spacial score (nSPS) is 13.8. The van der Waals surface area contributed by atoms with Gasteiger partial charge in [0, 0.05) is 31.4 Å². The Morgan fingerprint density at radius 3 is 2.91 bits per heavy atom. The van der Waals surface area contributed by atoms with Gasteiger partial charge in [-0.25, -0.2) is 4.68 Å². The molecule has 0 aliphatic heterocycles. The highest BCUT2D eigenvalue weighted by Crippen LogP contribution is 2.25. The number of nitrogens with one attached hydrogen (secondary N) is 1. The fraction of sp³-hybridized carbons (Fsp3) is 0.400. The SMILES string of the molecule is CN(C)c1cccc(-c2nnc(SCC(=O)NC3CC3)n2N)c1. The maximum absolute atomic E-state index is 11.7. The summed E-state index contributed by atoms with van der Waals surface area (Å²) in [6.07, 6.45) is 2.16. The average molecular weight is 332 g/mol. The quantitative estimate of drug-likeness (QED) is 0.608. The number of nitrogens with two attached hydrogens (primary N) is 1. The second-order valence-electron chi connectivity index (χ2n) is 5.75. The molecule has 1 aromatic carbocycles. The standard InChI is InChI=1S/C15H20N6OS/c1-20(2)12-5-3-4-10(8-12)14-18-19-15(21(14)16)23-9-13(22)17-11-6-7-11/h3-5,8,11H,6-7,9,16H2,1-2H3,(H,17,22). The largest absolute Gasteiger partial charge is 0.378 e. The Balaban J connectivity index is 1.71. The molecular weight excluding hydrogens is 312 g/mol. The van der Waals surface area contributed by atoms with Crippen LogP contribution in [-0.4, -0.2) is 46.7 Å². The predicted molar refractivity (Wildman–Crippen MR) is 91.8 cm³/mol. The molecule has 0 unspecified atom stereocenters. The minimum Gasteiger partial charge on any atom is -0.378 e. The maximum Gasteiger partial charge on any atom is 0.230 e. The highest BCUT2D eigenvalue weighted by molar-refractivity contribution is 7.99. The van der Waals surface area contributed by atoms with E-state index in [0.29, 0.717) is 22.8 Å². The fourth-order valence-corrected chi connectivity index (χ4v) is 2.79. The van der Waals surface area contributed by atoms with Crippen molar-refractivity contribution in [3.05, 3.63) is 24.3 Å². The van der Waals surface area contributed by atoms with Gasteiger partial charge in [0.15, 0.2) is 5.82 Å². The molecule has 122 valence electrons. The molecule has 23 heavy (non-hydrogen) atoms. The molecule has 0 bridgehead atoms. The molecule has 2 aromatic rings. The number of carbonyl (C=O) groups is 1. The van der Waals surface area contributed by atoms with Crippen molar-refractivity contribution in [3.63, 3.8) is 0 Å². The van der Waals surface area contributed by atoms with E-state index in [9.17, 15) is 4.79 Å². The second-order valence-corrected chi connectivity index (χ2v) is 6.69. The minimum atomic E-state index is 0.0108. The van der Waals surface area contributed by atoms with Gasteiger partial charge in [0.1, 0.15) is 0 Å². The number of thioether (sulfide) groups is 1. The van der Waals surface area contributed by atoms with E-state index in [2.05, 4.69) is 15.5 Å². The van der Waals surface area contributed by atoms with Crippen LogP contribution in [0, 0.1) is 0 Å². The zero-order valence-corrected chi connectivity index (χ0v) is 14.0. The monoisotopic (exact) mass is 332 g/mol. The third kappa shape index (κ3) is 3.76. The van der Waals surface area contributed by atoms with Crippen LogP contribution in [0.15, 0.2) is 29.4 Å². The maximum atomic E-state index is 11.7. The fourth-order valence-electron chi connectivity index (χ4n) is 2.12. The molecule has 1 amide bonds. The van der Waals surface area contributed by atoms with Crippen molar-refractivity contribution in [1.29, 1.82) is 0 Å². The first-order valence-corrected chi connectivity index (χ1v) is 8.43. The van der Waals surface area contributed by atoms with Crippen molar-refractivity contribution in [2.45, 2.75) is 24.0 Å². The lowest BCUT2D eigenvalue weighted by molar-refractivity contribution is -0.118. The Morgan fingerprint density at radius 2 is 2.22 bits per heavy atom. The smallest absolute Gasteiger partial charge is 0.230 e. The van der Waals surface area contributed by atoms with Gasteiger partial charge < -0.3 is 16.1 Å².